The number of rotatable bonds is 6. The van der Waals surface area contributed by atoms with Crippen molar-refractivity contribution in [2.75, 3.05) is 9.80 Å². The maximum Gasteiger partial charge on any atom is 0.416 e. The van der Waals surface area contributed by atoms with Crippen molar-refractivity contribution in [1.82, 2.24) is 0 Å². The van der Waals surface area contributed by atoms with Crippen molar-refractivity contribution >= 4 is 88.4 Å². The van der Waals surface area contributed by atoms with Crippen LogP contribution in [0.15, 0.2) is 218 Å². The molecular formula is C60H40F6N2. The van der Waals surface area contributed by atoms with E-state index >= 15 is 0 Å². The van der Waals surface area contributed by atoms with Gasteiger partial charge in [-0.15, -0.1) is 0 Å². The molecule has 68 heavy (non-hydrogen) atoms. The third-order valence-electron chi connectivity index (χ3n) is 12.9. The fraction of sp³-hybridized carbons (Fsp3) is 0.0667. The molecule has 0 aliphatic heterocycles. The Morgan fingerprint density at radius 1 is 0.324 bits per heavy atom. The molecular weight excluding hydrogens is 863 g/mol. The molecule has 0 heterocycles. The minimum absolute atomic E-state index is 0.569. The first kappa shape index (κ1) is 42.5. The van der Waals surface area contributed by atoms with Crippen molar-refractivity contribution in [3.63, 3.8) is 0 Å². The lowest BCUT2D eigenvalue weighted by Crippen LogP contribution is -2.21. The van der Waals surface area contributed by atoms with Gasteiger partial charge in [0.25, 0.3) is 0 Å². The van der Waals surface area contributed by atoms with E-state index in [2.05, 4.69) is 60.7 Å². The number of hydrogen-bond acceptors (Lipinski definition) is 2. The number of allylic oxidation sites excluding steroid dienone is 8. The maximum absolute atomic E-state index is 13.9. The van der Waals surface area contributed by atoms with E-state index in [0.29, 0.717) is 24.2 Å². The summed E-state index contributed by atoms with van der Waals surface area (Å²) in [7, 11) is 0. The van der Waals surface area contributed by atoms with E-state index in [-0.39, 0.29) is 0 Å². The van der Waals surface area contributed by atoms with Crippen LogP contribution in [0.5, 0.6) is 0 Å². The first-order chi connectivity index (χ1) is 33.0. The summed E-state index contributed by atoms with van der Waals surface area (Å²) in [6.07, 6.45) is 8.95. The van der Waals surface area contributed by atoms with Gasteiger partial charge in [-0.25, -0.2) is 0 Å². The molecule has 0 atom stereocenters. The minimum atomic E-state index is -4.49. The smallest absolute Gasteiger partial charge is 0.310 e. The summed E-state index contributed by atoms with van der Waals surface area (Å²) < 4.78 is 83.6. The van der Waals surface area contributed by atoms with Crippen molar-refractivity contribution in [2.24, 2.45) is 0 Å². The first-order valence-electron chi connectivity index (χ1n) is 22.3. The van der Waals surface area contributed by atoms with E-state index in [1.54, 1.807) is 0 Å². The summed E-state index contributed by atoms with van der Waals surface area (Å²) in [4.78, 5) is 4.01. The number of benzene rings is 9. The van der Waals surface area contributed by atoms with Crippen LogP contribution in [0.25, 0.3) is 54.2 Å². The van der Waals surface area contributed by atoms with Crippen molar-refractivity contribution in [3.05, 3.63) is 240 Å². The van der Waals surface area contributed by atoms with E-state index < -0.39 is 23.5 Å². The Labute approximate surface area is 388 Å². The van der Waals surface area contributed by atoms with Gasteiger partial charge in [-0.2, -0.15) is 26.3 Å². The molecule has 0 spiro atoms. The quantitative estimate of drug-likeness (QED) is 0.121. The summed E-state index contributed by atoms with van der Waals surface area (Å²) in [5.41, 5.74) is 4.96. The maximum atomic E-state index is 13.9. The lowest BCUT2D eigenvalue weighted by molar-refractivity contribution is -0.138. The molecule has 11 rings (SSSR count). The predicted octanol–water partition coefficient (Wildman–Crippen LogP) is 16.6. The average Bonchev–Trinajstić information content (AvgIpc) is 3.36. The standard InChI is InChI=1S/C60H40F6N2/c61-59(62,63)45-21-27-47(28-22-45)67(49-25-19-39-11-7-9-17-43(39)35-49)51-32-34-54-55(37-51)57(41-13-3-1-4-14-41)53-33-31-52(38-56(53)58(54)42-15-5-2-6-16-42)68(48-29-23-46(24-30-48)60(64,65)66)50-26-20-40-12-8-10-18-44(40)36-50/h1-13,15,17-38H,14,16H2. The van der Waals surface area contributed by atoms with Gasteiger partial charge in [0.1, 0.15) is 0 Å². The second-order valence-corrected chi connectivity index (χ2v) is 17.1. The van der Waals surface area contributed by atoms with Crippen molar-refractivity contribution in [2.45, 2.75) is 25.2 Å². The molecule has 0 saturated carbocycles. The highest BCUT2D eigenvalue weighted by Gasteiger charge is 2.31. The molecule has 9 aromatic carbocycles. The Morgan fingerprint density at radius 3 is 1.04 bits per heavy atom. The van der Waals surface area contributed by atoms with Crippen LogP contribution >= 0.6 is 0 Å². The molecule has 0 radical (unpaired) electrons. The van der Waals surface area contributed by atoms with Crippen LogP contribution < -0.4 is 20.2 Å². The molecule has 2 aliphatic carbocycles. The third-order valence-corrected chi connectivity index (χ3v) is 12.9. The topological polar surface area (TPSA) is 6.48 Å². The van der Waals surface area contributed by atoms with Crippen LogP contribution in [-0.2, 0) is 12.4 Å². The molecule has 0 unspecified atom stereocenters. The van der Waals surface area contributed by atoms with Gasteiger partial charge in [0.15, 0.2) is 0 Å². The number of hydrogen-bond donors (Lipinski definition) is 0. The molecule has 0 N–H and O–H groups in total. The van der Waals surface area contributed by atoms with Gasteiger partial charge in [0.2, 0.25) is 0 Å². The van der Waals surface area contributed by atoms with Gasteiger partial charge in [-0.05, 0) is 175 Å². The minimum Gasteiger partial charge on any atom is -0.310 e. The van der Waals surface area contributed by atoms with Gasteiger partial charge < -0.3 is 9.80 Å². The average molecular weight is 903 g/mol. The summed E-state index contributed by atoms with van der Waals surface area (Å²) in [5.74, 6) is 0. The Kier molecular flexibility index (Phi) is 10.6. The number of alkyl halides is 6. The highest BCUT2D eigenvalue weighted by atomic mass is 19.4. The molecule has 0 fully saturated rings. The highest BCUT2D eigenvalue weighted by Crippen LogP contribution is 2.42. The molecule has 0 saturated heterocycles. The van der Waals surface area contributed by atoms with Crippen LogP contribution in [-0.4, -0.2) is 0 Å². The molecule has 2 aliphatic rings. The van der Waals surface area contributed by atoms with Crippen molar-refractivity contribution < 1.29 is 26.3 Å². The van der Waals surface area contributed by atoms with Crippen molar-refractivity contribution in [1.29, 1.82) is 0 Å². The number of fused-ring (bicyclic) bond motifs is 4. The SMILES string of the molecule is FC(F)(F)c1ccc(N(c2ccc3ccccc3c2)c2ccc3c(=C4C=CC=CC4)c4cc(N(c5ccc(C(F)(F)F)cc5)c5ccc6ccccc6c5)ccc4c(=C4C=CC=CC4)c3c2)cc1. The lowest BCUT2D eigenvalue weighted by atomic mass is 9.89. The second kappa shape index (κ2) is 17.0. The third kappa shape index (κ3) is 7.91. The van der Waals surface area contributed by atoms with E-state index in [0.717, 1.165) is 112 Å². The van der Waals surface area contributed by atoms with Crippen LogP contribution in [0.1, 0.15) is 24.0 Å². The van der Waals surface area contributed by atoms with Crippen LogP contribution in [0.2, 0.25) is 0 Å². The van der Waals surface area contributed by atoms with E-state index in [1.165, 1.54) is 24.3 Å². The Bertz CT molecular complexity index is 3460. The molecule has 0 aromatic heterocycles. The largest absolute Gasteiger partial charge is 0.416 e. The number of nitrogens with zero attached hydrogens (tertiary/aromatic N) is 2. The monoisotopic (exact) mass is 902 g/mol. The molecule has 9 aromatic rings. The summed E-state index contributed by atoms with van der Waals surface area (Å²) in [6, 6.07) is 51.3. The van der Waals surface area contributed by atoms with E-state index in [1.807, 2.05) is 119 Å². The van der Waals surface area contributed by atoms with E-state index in [4.69, 9.17) is 0 Å². The lowest BCUT2D eigenvalue weighted by Gasteiger charge is -2.28. The summed E-state index contributed by atoms with van der Waals surface area (Å²) in [6.45, 7) is 0. The first-order valence-corrected chi connectivity index (χ1v) is 22.3. The van der Waals surface area contributed by atoms with Gasteiger partial charge in [-0.3, -0.25) is 0 Å². The van der Waals surface area contributed by atoms with Crippen molar-refractivity contribution in [3.8, 4) is 0 Å². The van der Waals surface area contributed by atoms with Gasteiger partial charge in [-0.1, -0.05) is 121 Å². The summed E-state index contributed by atoms with van der Waals surface area (Å²) in [5, 5.41) is 9.99. The number of anilines is 6. The van der Waals surface area contributed by atoms with E-state index in [9.17, 15) is 26.3 Å². The Hall–Kier alpha value is -8.10. The van der Waals surface area contributed by atoms with Gasteiger partial charge >= 0.3 is 12.4 Å². The highest BCUT2D eigenvalue weighted by molar-refractivity contribution is 6.06. The molecule has 0 amide bonds. The zero-order valence-corrected chi connectivity index (χ0v) is 36.4. The van der Waals surface area contributed by atoms with Crippen LogP contribution in [0.3, 0.4) is 0 Å². The Morgan fingerprint density at radius 2 is 0.676 bits per heavy atom. The van der Waals surface area contributed by atoms with Crippen LogP contribution in [0, 0.1) is 0 Å². The zero-order chi connectivity index (χ0) is 46.6. The summed E-state index contributed by atoms with van der Waals surface area (Å²) >= 11 is 0. The molecule has 8 heteroatoms. The fourth-order valence-corrected chi connectivity index (χ4v) is 9.70. The fourth-order valence-electron chi connectivity index (χ4n) is 9.70. The normalized spacial score (nSPS) is 15.5. The molecule has 332 valence electrons. The number of halogens is 6. The van der Waals surface area contributed by atoms with Gasteiger partial charge in [0.05, 0.1) is 11.1 Å². The second-order valence-electron chi connectivity index (χ2n) is 17.1. The predicted molar refractivity (Wildman–Crippen MR) is 268 cm³/mol. The van der Waals surface area contributed by atoms with Gasteiger partial charge in [0, 0.05) is 34.1 Å². The molecule has 2 nitrogen and oxygen atoms in total. The zero-order valence-electron chi connectivity index (χ0n) is 36.4. The molecule has 0 bridgehead atoms. The Balaban J connectivity index is 1.20. The van der Waals surface area contributed by atoms with Crippen LogP contribution in [0.4, 0.5) is 60.5 Å².